The van der Waals surface area contributed by atoms with Crippen LogP contribution in [0.3, 0.4) is 0 Å². The molecule has 3 aromatic rings. The number of benzene rings is 3. The first-order valence-electron chi connectivity index (χ1n) is 13.7. The average molecular weight is 678 g/mol. The fourth-order valence-electron chi connectivity index (χ4n) is 3.41. The van der Waals surface area contributed by atoms with E-state index >= 15 is 0 Å². The minimum Gasteiger partial charge on any atom is -0.369 e. The summed E-state index contributed by atoms with van der Waals surface area (Å²) in [6.45, 7) is 2.96. The zero-order chi connectivity index (χ0) is 33.2. The molecule has 11 N–H and O–H groups in total. The summed E-state index contributed by atoms with van der Waals surface area (Å²) in [5.74, 6) is 0.564. The number of anilines is 2. The Labute approximate surface area is 273 Å². The molecule has 0 unspecified atom stereocenters. The van der Waals surface area contributed by atoms with E-state index in [2.05, 4.69) is 30.6 Å². The van der Waals surface area contributed by atoms with Crippen LogP contribution in [0.15, 0.2) is 97.7 Å². The second-order valence-corrected chi connectivity index (χ2v) is 11.7. The Bertz CT molecular complexity index is 1490. The van der Waals surface area contributed by atoms with E-state index in [1.807, 2.05) is 6.92 Å². The van der Waals surface area contributed by atoms with Gasteiger partial charge >= 0.3 is 0 Å². The number of unbranched alkanes of at least 4 members (excludes halogenated alkanes) is 3. The van der Waals surface area contributed by atoms with Gasteiger partial charge in [-0.05, 0) is 80.4 Å². The van der Waals surface area contributed by atoms with Crippen molar-refractivity contribution in [2.45, 2.75) is 37.5 Å². The Kier molecular flexibility index (Phi) is 15.6. The van der Waals surface area contributed by atoms with Crippen LogP contribution in [0.4, 0.5) is 11.4 Å². The zero-order valence-electron chi connectivity index (χ0n) is 24.7. The van der Waals surface area contributed by atoms with E-state index < -0.39 is 10.1 Å². The van der Waals surface area contributed by atoms with Crippen molar-refractivity contribution < 1.29 is 13.0 Å². The Morgan fingerprint density at radius 3 is 1.40 bits per heavy atom. The molecule has 16 heteroatoms. The SMILES string of the molecule is Cc1ccc(S(=O)(=O)O)cc1.NC(=NCCCCCCN=C(N)/N=C(\N)Nc1ccc(Cl)cc1)/N=C(\N)Nc1ccc(Cl)cc1. The molecular weight excluding hydrogens is 639 g/mol. The zero-order valence-corrected chi connectivity index (χ0v) is 27.0. The second kappa shape index (κ2) is 19.1. The van der Waals surface area contributed by atoms with Gasteiger partial charge in [-0.2, -0.15) is 18.4 Å². The lowest BCUT2D eigenvalue weighted by Crippen LogP contribution is -2.26. The summed E-state index contributed by atoms with van der Waals surface area (Å²) in [4.78, 5) is 16.4. The number of hydrogen-bond acceptors (Lipinski definition) is 4. The predicted molar refractivity (Wildman–Crippen MR) is 186 cm³/mol. The molecule has 0 aromatic heterocycles. The standard InChI is InChI=1S/C22H30Cl2N10.C7H8O3S/c23-15-5-9-17(10-6-15)31-21(27)33-19(25)29-13-3-1-2-4-14-30-20(26)34-22(28)32-18-11-7-16(24)8-12-18;1-6-2-4-7(5-3-6)11(8,9)10/h5-12H,1-4,13-14H2,(H5,25,27,29,31,33)(H5,26,28,30,32,34);2-5H,1H3,(H,8,9,10). The van der Waals surface area contributed by atoms with E-state index in [1.54, 1.807) is 60.7 Å². The number of aliphatic imine (C=N–C) groups is 4. The number of nitrogens with one attached hydrogen (secondary N) is 2. The first-order chi connectivity index (χ1) is 21.3. The molecule has 0 aliphatic rings. The van der Waals surface area contributed by atoms with Crippen LogP contribution in [0.2, 0.25) is 10.0 Å². The largest absolute Gasteiger partial charge is 0.369 e. The Morgan fingerprint density at radius 1 is 0.667 bits per heavy atom. The van der Waals surface area contributed by atoms with Crippen LogP contribution in [-0.2, 0) is 10.1 Å². The molecule has 3 aromatic carbocycles. The van der Waals surface area contributed by atoms with Crippen molar-refractivity contribution >= 4 is 68.5 Å². The van der Waals surface area contributed by atoms with Gasteiger partial charge in [0.25, 0.3) is 10.1 Å². The minimum absolute atomic E-state index is 0.0666. The van der Waals surface area contributed by atoms with Crippen LogP contribution >= 0.6 is 23.2 Å². The summed E-state index contributed by atoms with van der Waals surface area (Å²) in [6.07, 6.45) is 3.68. The van der Waals surface area contributed by atoms with Gasteiger partial charge in [-0.3, -0.25) is 14.5 Å². The van der Waals surface area contributed by atoms with Crippen molar-refractivity contribution in [3.05, 3.63) is 88.4 Å². The third-order valence-electron chi connectivity index (χ3n) is 5.64. The Morgan fingerprint density at radius 2 is 1.04 bits per heavy atom. The summed E-state index contributed by atoms with van der Waals surface area (Å²) >= 11 is 11.7. The Hall–Kier alpha value is -4.37. The predicted octanol–water partition coefficient (Wildman–Crippen LogP) is 4.58. The van der Waals surface area contributed by atoms with Crippen LogP contribution < -0.4 is 33.6 Å². The molecule has 0 heterocycles. The van der Waals surface area contributed by atoms with Gasteiger partial charge in [-0.15, -0.1) is 0 Å². The maximum Gasteiger partial charge on any atom is 0.294 e. The van der Waals surface area contributed by atoms with Crippen molar-refractivity contribution in [2.75, 3.05) is 23.7 Å². The average Bonchev–Trinajstić information content (AvgIpc) is 2.97. The minimum atomic E-state index is -4.02. The molecule has 0 amide bonds. The van der Waals surface area contributed by atoms with E-state index in [9.17, 15) is 8.42 Å². The third kappa shape index (κ3) is 16.3. The number of hydrogen-bond donors (Lipinski definition) is 7. The Balaban J connectivity index is 0.000000537. The molecule has 0 saturated heterocycles. The van der Waals surface area contributed by atoms with E-state index in [-0.39, 0.29) is 28.7 Å². The van der Waals surface area contributed by atoms with Crippen molar-refractivity contribution in [1.82, 2.24) is 0 Å². The van der Waals surface area contributed by atoms with E-state index in [0.29, 0.717) is 23.1 Å². The molecule has 0 aliphatic carbocycles. The number of guanidine groups is 4. The quantitative estimate of drug-likeness (QED) is 0.0688. The monoisotopic (exact) mass is 676 g/mol. The summed E-state index contributed by atoms with van der Waals surface area (Å²) in [5, 5.41) is 7.11. The molecule has 3 rings (SSSR count). The lowest BCUT2D eigenvalue weighted by atomic mass is 10.2. The number of rotatable bonds is 10. The van der Waals surface area contributed by atoms with E-state index in [4.69, 9.17) is 50.7 Å². The molecule has 0 fully saturated rings. The third-order valence-corrected chi connectivity index (χ3v) is 7.01. The summed E-state index contributed by atoms with van der Waals surface area (Å²) in [7, 11) is -4.02. The van der Waals surface area contributed by atoms with Crippen LogP contribution in [0.1, 0.15) is 31.2 Å². The first kappa shape index (κ1) is 36.8. The molecule has 242 valence electrons. The number of nitrogens with zero attached hydrogens (tertiary/aromatic N) is 4. The molecule has 13 nitrogen and oxygen atoms in total. The van der Waals surface area contributed by atoms with Crippen molar-refractivity contribution in [3.63, 3.8) is 0 Å². The summed E-state index contributed by atoms with van der Waals surface area (Å²) in [6, 6.07) is 20.1. The van der Waals surface area contributed by atoms with Crippen LogP contribution in [0, 0.1) is 6.92 Å². The summed E-state index contributed by atoms with van der Waals surface area (Å²) in [5.41, 5.74) is 25.7. The lowest BCUT2D eigenvalue weighted by molar-refractivity contribution is 0.483. The molecule has 0 atom stereocenters. The van der Waals surface area contributed by atoms with E-state index in [1.165, 1.54) is 12.1 Å². The molecule has 0 bridgehead atoms. The van der Waals surface area contributed by atoms with Gasteiger partial charge < -0.3 is 33.6 Å². The molecule has 0 radical (unpaired) electrons. The van der Waals surface area contributed by atoms with Gasteiger partial charge in [0.05, 0.1) is 4.90 Å². The summed E-state index contributed by atoms with van der Waals surface area (Å²) < 4.78 is 29.6. The topological polar surface area (TPSA) is 232 Å². The first-order valence-corrected chi connectivity index (χ1v) is 15.9. The van der Waals surface area contributed by atoms with E-state index in [0.717, 1.165) is 42.6 Å². The highest BCUT2D eigenvalue weighted by molar-refractivity contribution is 7.85. The number of nitrogens with two attached hydrogens (primary N) is 4. The van der Waals surface area contributed by atoms with Crippen molar-refractivity contribution in [3.8, 4) is 0 Å². The smallest absolute Gasteiger partial charge is 0.294 e. The fourth-order valence-corrected chi connectivity index (χ4v) is 4.14. The van der Waals surface area contributed by atoms with Crippen LogP contribution in [0.25, 0.3) is 0 Å². The molecule has 45 heavy (non-hydrogen) atoms. The van der Waals surface area contributed by atoms with Gasteiger partial charge in [0.2, 0.25) is 23.8 Å². The van der Waals surface area contributed by atoms with Gasteiger partial charge in [-0.25, -0.2) is 0 Å². The highest BCUT2D eigenvalue weighted by Gasteiger charge is 2.07. The normalized spacial score (nSPS) is 12.7. The highest BCUT2D eigenvalue weighted by Crippen LogP contribution is 2.14. The maximum absolute atomic E-state index is 10.5. The molecule has 0 spiro atoms. The van der Waals surface area contributed by atoms with Crippen molar-refractivity contribution in [2.24, 2.45) is 42.9 Å². The van der Waals surface area contributed by atoms with Gasteiger partial charge in [0.1, 0.15) is 0 Å². The number of halogens is 2. The molecule has 0 aliphatic heterocycles. The van der Waals surface area contributed by atoms with Gasteiger partial charge in [-0.1, -0.05) is 53.7 Å². The molecule has 0 saturated carbocycles. The number of aryl methyl sites for hydroxylation is 1. The highest BCUT2D eigenvalue weighted by atomic mass is 35.5. The van der Waals surface area contributed by atoms with Crippen LogP contribution in [-0.4, -0.2) is 49.9 Å². The van der Waals surface area contributed by atoms with Gasteiger partial charge in [0, 0.05) is 34.5 Å². The lowest BCUT2D eigenvalue weighted by Gasteiger charge is -2.05. The van der Waals surface area contributed by atoms with Gasteiger partial charge in [0.15, 0.2) is 0 Å². The van der Waals surface area contributed by atoms with Crippen molar-refractivity contribution in [1.29, 1.82) is 0 Å². The van der Waals surface area contributed by atoms with Crippen LogP contribution in [0.5, 0.6) is 0 Å². The fraction of sp³-hybridized carbons (Fsp3) is 0.241. The second-order valence-electron chi connectivity index (χ2n) is 9.44. The molecular formula is C29H38Cl2N10O3S. The maximum atomic E-state index is 10.5.